The fourth-order valence-corrected chi connectivity index (χ4v) is 12.8. The highest BCUT2D eigenvalue weighted by Gasteiger charge is 2.43. The number of carbonyl (C=O) groups is 7. The van der Waals surface area contributed by atoms with Gasteiger partial charge in [-0.15, -0.1) is 16.8 Å². The van der Waals surface area contributed by atoms with Gasteiger partial charge in [0.1, 0.15) is 13.2 Å². The molecule has 11 rings (SSSR count). The number of hydroxylamine groups is 2. The summed E-state index contributed by atoms with van der Waals surface area (Å²) in [5, 5.41) is 3.32. The van der Waals surface area contributed by atoms with Gasteiger partial charge in [0.15, 0.2) is 23.0 Å². The Morgan fingerprint density at radius 2 is 1.36 bits per heavy atom. The number of imide groups is 2. The predicted molar refractivity (Wildman–Crippen MR) is 300 cm³/mol. The molecular formula is C60H61N7O12S. The maximum Gasteiger partial charge on any atom is 0.335 e. The number of carbonyl (C=O) groups excluding carboxylic acids is 7. The van der Waals surface area contributed by atoms with Gasteiger partial charge in [-0.1, -0.05) is 50.2 Å². The molecule has 0 bridgehead atoms. The second-order valence-corrected chi connectivity index (χ2v) is 23.2. The summed E-state index contributed by atoms with van der Waals surface area (Å²) in [6, 6.07) is 28.7. The lowest BCUT2D eigenvalue weighted by atomic mass is 10.1. The average Bonchev–Trinajstić information content (AvgIpc) is 4.16. The first-order chi connectivity index (χ1) is 38.6. The molecule has 1 N–H and O–H groups in total. The summed E-state index contributed by atoms with van der Waals surface area (Å²) in [4.78, 5) is 108. The fourth-order valence-electron chi connectivity index (χ4n) is 11.4. The van der Waals surface area contributed by atoms with Gasteiger partial charge in [-0.25, -0.2) is 4.79 Å². The van der Waals surface area contributed by atoms with E-state index in [9.17, 15) is 33.6 Å². The Labute approximate surface area is 467 Å². The van der Waals surface area contributed by atoms with Crippen molar-refractivity contribution in [1.29, 1.82) is 0 Å². The molecule has 0 spiro atoms. The van der Waals surface area contributed by atoms with Crippen LogP contribution in [0.25, 0.3) is 0 Å². The van der Waals surface area contributed by atoms with E-state index in [1.54, 1.807) is 30.2 Å². The fraction of sp³-hybridized carbons (Fsp3) is 0.367. The molecule has 6 aliphatic rings. The van der Waals surface area contributed by atoms with E-state index < -0.39 is 39.6 Å². The van der Waals surface area contributed by atoms with Crippen LogP contribution in [0.2, 0.25) is 0 Å². The van der Waals surface area contributed by atoms with Crippen molar-refractivity contribution in [2.24, 2.45) is 4.99 Å². The number of fused-ring (bicyclic) bond motifs is 8. The lowest BCUT2D eigenvalue weighted by Gasteiger charge is -2.28. The maximum absolute atomic E-state index is 14.2. The monoisotopic (exact) mass is 1100 g/mol. The van der Waals surface area contributed by atoms with Crippen LogP contribution >= 0.6 is 11.8 Å². The van der Waals surface area contributed by atoms with Crippen LogP contribution in [0.3, 0.4) is 0 Å². The Hall–Kier alpha value is -8.39. The molecule has 3 atom stereocenters. The van der Waals surface area contributed by atoms with Crippen molar-refractivity contribution < 1.29 is 57.3 Å². The number of para-hydroxylation sites is 2. The number of aliphatic imine (C=N–C) groups is 1. The van der Waals surface area contributed by atoms with Crippen molar-refractivity contribution in [2.45, 2.75) is 101 Å². The van der Waals surface area contributed by atoms with Crippen molar-refractivity contribution in [3.63, 3.8) is 0 Å². The SMILES string of the molecule is COc1cc2c(cc1OCc1cc(COc3cc4c(cc3OC)C(=O)N3c5ccccc5C[C@H]3CN4)cc(N(C)CCCC(C)(C)SC3CC(=O)N(CCC(=O)ON4C(=O)CCC4=O)C3=O)c1)N=C[C@@H]1Cc3ccccc3N1C2=O. The molecule has 19 nitrogen and oxygen atoms in total. The Bertz CT molecular complexity index is 3380. The highest BCUT2D eigenvalue weighted by Crippen LogP contribution is 2.44. The van der Waals surface area contributed by atoms with Gasteiger partial charge < -0.3 is 38.9 Å². The molecule has 0 aromatic heterocycles. The van der Waals surface area contributed by atoms with Crippen LogP contribution in [-0.4, -0.2) is 121 Å². The summed E-state index contributed by atoms with van der Waals surface area (Å²) >= 11 is 1.42. The number of likely N-dealkylation sites (tertiary alicyclic amines) is 1. The lowest BCUT2D eigenvalue weighted by Crippen LogP contribution is -2.39. The molecule has 0 aliphatic carbocycles. The number of amides is 6. The maximum atomic E-state index is 14.2. The van der Waals surface area contributed by atoms with Gasteiger partial charge in [-0.3, -0.25) is 43.6 Å². The smallest absolute Gasteiger partial charge is 0.335 e. The first-order valence-corrected chi connectivity index (χ1v) is 27.7. The quantitative estimate of drug-likeness (QED) is 0.0778. The van der Waals surface area contributed by atoms with Crippen molar-refractivity contribution >= 4 is 87.8 Å². The van der Waals surface area contributed by atoms with E-state index in [-0.39, 0.29) is 69.3 Å². The van der Waals surface area contributed by atoms with Crippen molar-refractivity contribution in [3.05, 3.63) is 124 Å². The Balaban J connectivity index is 0.790. The molecule has 5 aromatic carbocycles. The molecule has 6 amide bonds. The molecule has 6 heterocycles. The van der Waals surface area contributed by atoms with E-state index in [1.165, 1.54) is 18.9 Å². The first kappa shape index (κ1) is 53.6. The number of ether oxygens (including phenoxy) is 4. The van der Waals surface area contributed by atoms with Gasteiger partial charge >= 0.3 is 5.97 Å². The van der Waals surface area contributed by atoms with Gasteiger partial charge in [-0.05, 0) is 84.0 Å². The molecular weight excluding hydrogens is 1040 g/mol. The average molecular weight is 1100 g/mol. The zero-order chi connectivity index (χ0) is 56.0. The van der Waals surface area contributed by atoms with Crippen LogP contribution < -0.4 is 39.0 Å². The lowest BCUT2D eigenvalue weighted by molar-refractivity contribution is -0.197. The zero-order valence-corrected chi connectivity index (χ0v) is 46.0. The van der Waals surface area contributed by atoms with Gasteiger partial charge in [0.2, 0.25) is 11.8 Å². The van der Waals surface area contributed by atoms with Gasteiger partial charge in [0, 0.05) is 92.5 Å². The Morgan fingerprint density at radius 3 is 2.05 bits per heavy atom. The van der Waals surface area contributed by atoms with Crippen LogP contribution in [-0.2, 0) is 54.9 Å². The van der Waals surface area contributed by atoms with Crippen LogP contribution in [0.5, 0.6) is 23.0 Å². The van der Waals surface area contributed by atoms with Gasteiger partial charge in [0.05, 0.1) is 60.5 Å². The summed E-state index contributed by atoms with van der Waals surface area (Å²) in [5.41, 5.74) is 8.57. The number of nitrogens with zero attached hydrogens (tertiary/aromatic N) is 6. The van der Waals surface area contributed by atoms with Gasteiger partial charge in [0.25, 0.3) is 23.6 Å². The van der Waals surface area contributed by atoms with Crippen LogP contribution in [0, 0.1) is 0 Å². The minimum Gasteiger partial charge on any atom is -0.493 e. The second kappa shape index (κ2) is 22.0. The number of hydrogen-bond donors (Lipinski definition) is 1. The third-order valence-corrected chi connectivity index (χ3v) is 16.9. The Morgan fingerprint density at radius 1 is 0.738 bits per heavy atom. The topological polar surface area (TPSA) is 206 Å². The number of hydrogen-bond acceptors (Lipinski definition) is 16. The number of nitrogens with one attached hydrogen (secondary N) is 1. The molecule has 0 saturated carbocycles. The molecule has 414 valence electrons. The van der Waals surface area contributed by atoms with E-state index in [2.05, 4.69) is 22.3 Å². The highest BCUT2D eigenvalue weighted by molar-refractivity contribution is 8.02. The molecule has 20 heteroatoms. The largest absolute Gasteiger partial charge is 0.493 e. The number of thioether (sulfide) groups is 1. The van der Waals surface area contributed by atoms with Crippen LogP contribution in [0.1, 0.15) is 95.3 Å². The normalized spacial score (nSPS) is 18.9. The zero-order valence-electron chi connectivity index (χ0n) is 45.2. The minimum absolute atomic E-state index is 0.0124. The van der Waals surface area contributed by atoms with Gasteiger partial charge in [-0.2, -0.15) is 0 Å². The predicted octanol–water partition coefficient (Wildman–Crippen LogP) is 8.00. The summed E-state index contributed by atoms with van der Waals surface area (Å²) in [5.74, 6) is -1.50. The Kier molecular flexibility index (Phi) is 14.8. The molecule has 6 aliphatic heterocycles. The van der Waals surface area contributed by atoms with E-state index in [4.69, 9.17) is 28.8 Å². The molecule has 80 heavy (non-hydrogen) atoms. The van der Waals surface area contributed by atoms with Crippen molar-refractivity contribution in [1.82, 2.24) is 9.96 Å². The second-order valence-electron chi connectivity index (χ2n) is 21.3. The third kappa shape index (κ3) is 10.6. The summed E-state index contributed by atoms with van der Waals surface area (Å²) in [7, 11) is 5.09. The molecule has 1 unspecified atom stereocenters. The van der Waals surface area contributed by atoms with Crippen LogP contribution in [0.15, 0.2) is 96.0 Å². The standard InChI is InChI=1S/C60H61N7O12S/c1-60(2,80-52-30-55(70)64(59(52)74)20-17-56(71)79-67-53(68)15-16-54(67)69)18-10-19-63(3)39-22-35(33-77-50-28-44-42(26-48(50)75-4)57(72)65-40(31-61-44)24-37-11-6-8-13-46(37)65)21-36(23-39)34-78-51-29-45-43(27-49(51)76-5)58(73)66-41(32-62-45)25-38-12-7-9-14-47(38)66/h6-9,11-14,21-23,26-29,31,40-41,52,62H,10,15-20,24-25,30,32-34H2,1-5H3/t40-,41-,52?/m0/s1. The van der Waals surface area contributed by atoms with Crippen LogP contribution in [0.4, 0.5) is 28.4 Å². The van der Waals surface area contributed by atoms with E-state index in [1.807, 2.05) is 92.7 Å². The number of benzene rings is 5. The third-order valence-electron chi connectivity index (χ3n) is 15.4. The first-order valence-electron chi connectivity index (χ1n) is 26.8. The molecule has 2 fully saturated rings. The number of anilines is 4. The summed E-state index contributed by atoms with van der Waals surface area (Å²) < 4.78 is 24.4. The van der Waals surface area contributed by atoms with E-state index in [0.717, 1.165) is 57.1 Å². The summed E-state index contributed by atoms with van der Waals surface area (Å²) in [6.07, 6.45) is 4.20. The highest BCUT2D eigenvalue weighted by atomic mass is 32.2. The van der Waals surface area contributed by atoms with E-state index >= 15 is 0 Å². The van der Waals surface area contributed by atoms with E-state index in [0.29, 0.717) is 76.5 Å². The minimum atomic E-state index is -0.882. The summed E-state index contributed by atoms with van der Waals surface area (Å²) in [6.45, 7) is 5.29. The molecule has 5 aromatic rings. The number of methoxy groups -OCH3 is 2. The van der Waals surface area contributed by atoms with Crippen molar-refractivity contribution in [2.75, 3.05) is 60.9 Å². The van der Waals surface area contributed by atoms with Crippen molar-refractivity contribution in [3.8, 4) is 23.0 Å². The number of rotatable bonds is 19. The molecule has 0 radical (unpaired) electrons. The molecule has 2 saturated heterocycles.